The molecule has 0 N–H and O–H groups in total. The van der Waals surface area contributed by atoms with Crippen molar-refractivity contribution in [3.8, 4) is 0 Å². The Morgan fingerprint density at radius 2 is 1.53 bits per heavy atom. The van der Waals surface area contributed by atoms with Crippen molar-refractivity contribution in [1.29, 1.82) is 0 Å². The predicted molar refractivity (Wildman–Crippen MR) is 66.7 cm³/mol. The summed E-state index contributed by atoms with van der Waals surface area (Å²) in [7, 11) is 0. The fourth-order valence-corrected chi connectivity index (χ4v) is 3.52. The molecule has 2 bridgehead atoms. The first kappa shape index (κ1) is 11.5. The molecule has 0 aromatic heterocycles. The van der Waals surface area contributed by atoms with Crippen LogP contribution in [0.3, 0.4) is 0 Å². The maximum atomic E-state index is 2.49. The molecule has 0 unspecified atom stereocenters. The molecule has 0 spiro atoms. The van der Waals surface area contributed by atoms with E-state index in [1.807, 2.05) is 5.92 Å². The molecule has 0 nitrogen and oxygen atoms in total. The smallest absolute Gasteiger partial charge is 0.0184 e. The van der Waals surface area contributed by atoms with E-state index in [9.17, 15) is 0 Å². The highest BCUT2D eigenvalue weighted by molar-refractivity contribution is 5.05. The molecule has 3 rings (SSSR count). The normalized spacial score (nSPS) is 30.0. The average Bonchev–Trinajstić information content (AvgIpc) is 2.27. The third-order valence-corrected chi connectivity index (χ3v) is 4.83. The molecule has 0 aliphatic heterocycles. The molecule has 0 aromatic rings. The molecule has 0 atom stereocenters. The highest BCUT2D eigenvalue weighted by atomic mass is 14.4. The van der Waals surface area contributed by atoms with Gasteiger partial charge in [0.1, 0.15) is 0 Å². The Morgan fingerprint density at radius 3 is 2.27 bits per heavy atom. The monoisotopic (exact) mass is 207 g/mol. The summed E-state index contributed by atoms with van der Waals surface area (Å²) in [5.74, 6) is 2.96. The quantitative estimate of drug-likeness (QED) is 0.516. The highest BCUT2D eigenvalue weighted by Crippen LogP contribution is 2.46. The van der Waals surface area contributed by atoms with Crippen LogP contribution in [0.4, 0.5) is 0 Å². The minimum absolute atomic E-state index is 0.551. The molecule has 0 heteroatoms. The van der Waals surface area contributed by atoms with Crippen LogP contribution in [-0.2, 0) is 0 Å². The zero-order chi connectivity index (χ0) is 10.7. The third kappa shape index (κ3) is 2.98. The van der Waals surface area contributed by atoms with Crippen molar-refractivity contribution in [2.24, 2.45) is 11.3 Å². The number of hydrogen-bond donors (Lipinski definition) is 0. The average molecular weight is 207 g/mol. The van der Waals surface area contributed by atoms with E-state index >= 15 is 0 Å². The predicted octanol–water partition coefficient (Wildman–Crippen LogP) is 5.13. The van der Waals surface area contributed by atoms with E-state index in [2.05, 4.69) is 13.8 Å². The first-order valence-electron chi connectivity index (χ1n) is 7.04. The molecule has 3 aliphatic carbocycles. The molecule has 0 heterocycles. The van der Waals surface area contributed by atoms with Gasteiger partial charge in [-0.1, -0.05) is 46.0 Å². The van der Waals surface area contributed by atoms with Crippen LogP contribution >= 0.6 is 0 Å². The summed E-state index contributed by atoms with van der Waals surface area (Å²) < 4.78 is 0. The second-order valence-electron chi connectivity index (χ2n) is 6.38. The lowest BCUT2D eigenvalue weighted by Crippen LogP contribution is -2.26. The molecule has 3 fully saturated rings. The van der Waals surface area contributed by atoms with Crippen molar-refractivity contribution >= 4 is 0 Å². The molecule has 0 aromatic carbocycles. The minimum atomic E-state index is 0.551. The first-order chi connectivity index (χ1) is 7.18. The van der Waals surface area contributed by atoms with Crippen LogP contribution < -0.4 is 0 Å². The molecule has 15 heavy (non-hydrogen) atoms. The standard InChI is InChI=1S/C15H27/c1-15(2)12-6-4-3-5-7-13-8-10-14(15)11-9-13/h13H,3-12H2,1-2H3. The Hall–Kier alpha value is 0. The maximum Gasteiger partial charge on any atom is -0.0184 e. The second-order valence-corrected chi connectivity index (χ2v) is 6.38. The van der Waals surface area contributed by atoms with Crippen molar-refractivity contribution in [3.05, 3.63) is 5.92 Å². The van der Waals surface area contributed by atoms with E-state index in [4.69, 9.17) is 0 Å². The van der Waals surface area contributed by atoms with E-state index in [0.717, 1.165) is 5.92 Å². The first-order valence-corrected chi connectivity index (χ1v) is 7.04. The van der Waals surface area contributed by atoms with Crippen LogP contribution in [0.5, 0.6) is 0 Å². The van der Waals surface area contributed by atoms with Crippen LogP contribution in [0.2, 0.25) is 0 Å². The highest BCUT2D eigenvalue weighted by Gasteiger charge is 2.33. The number of fused-ring (bicyclic) bond motifs is 8. The Kier molecular flexibility index (Phi) is 3.74. The van der Waals surface area contributed by atoms with Gasteiger partial charge in [-0.3, -0.25) is 0 Å². The van der Waals surface area contributed by atoms with Gasteiger partial charge in [-0.2, -0.15) is 0 Å². The van der Waals surface area contributed by atoms with Gasteiger partial charge in [-0.05, 0) is 49.4 Å². The molecular formula is C15H27. The zero-order valence-corrected chi connectivity index (χ0v) is 10.6. The Balaban J connectivity index is 1.99. The van der Waals surface area contributed by atoms with Gasteiger partial charge in [0.15, 0.2) is 0 Å². The molecule has 3 saturated carbocycles. The Morgan fingerprint density at radius 1 is 0.867 bits per heavy atom. The minimum Gasteiger partial charge on any atom is -0.0594 e. The largest absolute Gasteiger partial charge is 0.0594 e. The third-order valence-electron chi connectivity index (χ3n) is 4.83. The van der Waals surface area contributed by atoms with Gasteiger partial charge in [0.05, 0.1) is 0 Å². The van der Waals surface area contributed by atoms with Crippen molar-refractivity contribution in [2.45, 2.75) is 78.1 Å². The van der Waals surface area contributed by atoms with Crippen molar-refractivity contribution in [1.82, 2.24) is 0 Å². The van der Waals surface area contributed by atoms with Gasteiger partial charge < -0.3 is 0 Å². The molecule has 0 saturated heterocycles. The van der Waals surface area contributed by atoms with Gasteiger partial charge in [0.25, 0.3) is 0 Å². The summed E-state index contributed by atoms with van der Waals surface area (Å²) in [5.41, 5.74) is 0.551. The number of rotatable bonds is 0. The van der Waals surface area contributed by atoms with Crippen LogP contribution in [-0.4, -0.2) is 0 Å². The molecule has 87 valence electrons. The van der Waals surface area contributed by atoms with Crippen LogP contribution in [0.1, 0.15) is 78.1 Å². The van der Waals surface area contributed by atoms with E-state index in [1.54, 1.807) is 0 Å². The number of hydrogen-bond acceptors (Lipinski definition) is 0. The maximum absolute atomic E-state index is 2.49. The van der Waals surface area contributed by atoms with Gasteiger partial charge in [0, 0.05) is 0 Å². The lowest BCUT2D eigenvalue weighted by molar-refractivity contribution is 0.253. The Labute approximate surface area is 95.8 Å². The molecular weight excluding hydrogens is 180 g/mol. The fraction of sp³-hybridized carbons (Fsp3) is 0.933. The Bertz CT molecular complexity index is 184. The van der Waals surface area contributed by atoms with E-state index < -0.39 is 0 Å². The van der Waals surface area contributed by atoms with Gasteiger partial charge in [-0.15, -0.1) is 0 Å². The molecule has 0 amide bonds. The van der Waals surface area contributed by atoms with Crippen molar-refractivity contribution in [3.63, 3.8) is 0 Å². The summed E-state index contributed by atoms with van der Waals surface area (Å²) in [4.78, 5) is 0. The van der Waals surface area contributed by atoms with E-state index in [0.29, 0.717) is 5.41 Å². The summed E-state index contributed by atoms with van der Waals surface area (Å²) >= 11 is 0. The lowest BCUT2D eigenvalue weighted by Gasteiger charge is -2.38. The lowest BCUT2D eigenvalue weighted by atomic mass is 9.67. The van der Waals surface area contributed by atoms with Gasteiger partial charge in [0.2, 0.25) is 0 Å². The molecule has 1 radical (unpaired) electrons. The van der Waals surface area contributed by atoms with Crippen LogP contribution in [0.15, 0.2) is 0 Å². The van der Waals surface area contributed by atoms with Crippen molar-refractivity contribution in [2.75, 3.05) is 0 Å². The van der Waals surface area contributed by atoms with Gasteiger partial charge in [-0.25, -0.2) is 0 Å². The summed E-state index contributed by atoms with van der Waals surface area (Å²) in [6, 6.07) is 0. The summed E-state index contributed by atoms with van der Waals surface area (Å²) in [5, 5.41) is 0. The van der Waals surface area contributed by atoms with E-state index in [-0.39, 0.29) is 0 Å². The van der Waals surface area contributed by atoms with Crippen LogP contribution in [0, 0.1) is 17.3 Å². The zero-order valence-electron chi connectivity index (χ0n) is 10.6. The fourth-order valence-electron chi connectivity index (χ4n) is 3.52. The summed E-state index contributed by atoms with van der Waals surface area (Å²) in [6.45, 7) is 4.97. The topological polar surface area (TPSA) is 0 Å². The second kappa shape index (κ2) is 4.89. The van der Waals surface area contributed by atoms with E-state index in [1.165, 1.54) is 64.2 Å². The summed E-state index contributed by atoms with van der Waals surface area (Å²) in [6.07, 6.45) is 14.8. The van der Waals surface area contributed by atoms with Crippen LogP contribution in [0.25, 0.3) is 0 Å². The SMILES string of the molecule is CC1(C)CCCCCCC2CC[C]1CC2. The molecule has 3 aliphatic rings. The van der Waals surface area contributed by atoms with Gasteiger partial charge >= 0.3 is 0 Å². The van der Waals surface area contributed by atoms with Crippen molar-refractivity contribution < 1.29 is 0 Å².